The standard InChI is InChI=1S/C17H21FN2O3/c1-2-3-4-16-20-14-8-7-12(9-15(14)23-16)5-6-13(10-18)11-19-17(21)22/h7-10,19H,2-6,11H2,1H3,(H,21,22). The number of aromatic nitrogens is 1. The van der Waals surface area contributed by atoms with Crippen molar-refractivity contribution in [3.8, 4) is 0 Å². The zero-order chi connectivity index (χ0) is 16.7. The fourth-order valence-corrected chi connectivity index (χ4v) is 2.28. The molecule has 124 valence electrons. The second-order valence-corrected chi connectivity index (χ2v) is 5.44. The van der Waals surface area contributed by atoms with Crippen molar-refractivity contribution in [1.29, 1.82) is 0 Å². The topological polar surface area (TPSA) is 75.4 Å². The van der Waals surface area contributed by atoms with Gasteiger partial charge in [0, 0.05) is 13.0 Å². The number of oxazole rings is 1. The molecule has 0 atom stereocenters. The van der Waals surface area contributed by atoms with Crippen LogP contribution in [0.2, 0.25) is 0 Å². The van der Waals surface area contributed by atoms with Crippen LogP contribution in [0.1, 0.15) is 37.6 Å². The van der Waals surface area contributed by atoms with Crippen LogP contribution in [-0.4, -0.2) is 22.7 Å². The molecule has 0 aliphatic rings. The maximum absolute atomic E-state index is 12.8. The van der Waals surface area contributed by atoms with Crippen LogP contribution in [0.3, 0.4) is 0 Å². The van der Waals surface area contributed by atoms with Crippen LogP contribution in [0.15, 0.2) is 34.5 Å². The highest BCUT2D eigenvalue weighted by atomic mass is 19.1. The third-order valence-electron chi connectivity index (χ3n) is 3.60. The van der Waals surface area contributed by atoms with Gasteiger partial charge in [0.2, 0.25) is 0 Å². The number of halogens is 1. The molecule has 0 saturated heterocycles. The second kappa shape index (κ2) is 8.31. The molecular formula is C17H21FN2O3. The van der Waals surface area contributed by atoms with Crippen molar-refractivity contribution in [1.82, 2.24) is 10.3 Å². The van der Waals surface area contributed by atoms with Crippen LogP contribution < -0.4 is 5.32 Å². The lowest BCUT2D eigenvalue weighted by atomic mass is 10.1. The van der Waals surface area contributed by atoms with E-state index < -0.39 is 6.09 Å². The number of nitrogens with one attached hydrogen (secondary N) is 1. The number of unbranched alkanes of at least 4 members (excludes halogenated alkanes) is 1. The lowest BCUT2D eigenvalue weighted by Crippen LogP contribution is -2.23. The Bertz CT molecular complexity index is 694. The monoisotopic (exact) mass is 320 g/mol. The van der Waals surface area contributed by atoms with Gasteiger partial charge in [-0.15, -0.1) is 0 Å². The highest BCUT2D eigenvalue weighted by molar-refractivity contribution is 5.73. The third-order valence-corrected chi connectivity index (χ3v) is 3.60. The van der Waals surface area contributed by atoms with E-state index in [2.05, 4.69) is 17.2 Å². The van der Waals surface area contributed by atoms with E-state index in [0.717, 1.165) is 41.8 Å². The van der Waals surface area contributed by atoms with Crippen molar-refractivity contribution >= 4 is 17.2 Å². The Morgan fingerprint density at radius 3 is 2.96 bits per heavy atom. The number of nitrogens with zero attached hydrogens (tertiary/aromatic N) is 1. The number of aryl methyl sites for hydroxylation is 2. The predicted molar refractivity (Wildman–Crippen MR) is 86.2 cm³/mol. The molecule has 0 saturated carbocycles. The van der Waals surface area contributed by atoms with Gasteiger partial charge in [-0.25, -0.2) is 14.2 Å². The van der Waals surface area contributed by atoms with Gasteiger partial charge >= 0.3 is 6.09 Å². The van der Waals surface area contributed by atoms with Gasteiger partial charge in [-0.2, -0.15) is 0 Å². The van der Waals surface area contributed by atoms with Crippen molar-refractivity contribution in [2.24, 2.45) is 0 Å². The van der Waals surface area contributed by atoms with Gasteiger partial charge in [-0.1, -0.05) is 19.4 Å². The lowest BCUT2D eigenvalue weighted by Gasteiger charge is -2.06. The molecule has 0 aliphatic carbocycles. The largest absolute Gasteiger partial charge is 0.465 e. The minimum absolute atomic E-state index is 0.00243. The first-order valence-corrected chi connectivity index (χ1v) is 7.75. The first-order chi connectivity index (χ1) is 11.1. The van der Waals surface area contributed by atoms with Gasteiger partial charge in [0.15, 0.2) is 11.5 Å². The van der Waals surface area contributed by atoms with Crippen LogP contribution >= 0.6 is 0 Å². The number of fused-ring (bicyclic) bond motifs is 1. The molecule has 6 heteroatoms. The SMILES string of the molecule is CCCCc1nc2ccc(CCC(=CF)CNC(=O)O)cc2o1. The Balaban J connectivity index is 1.98. The van der Waals surface area contributed by atoms with Crippen molar-refractivity contribution < 1.29 is 18.7 Å². The Kier molecular flexibility index (Phi) is 6.14. The number of hydrogen-bond acceptors (Lipinski definition) is 3. The van der Waals surface area contributed by atoms with Gasteiger partial charge in [0.05, 0.1) is 6.33 Å². The Labute approximate surface area is 134 Å². The molecule has 23 heavy (non-hydrogen) atoms. The molecule has 0 aliphatic heterocycles. The number of rotatable bonds is 8. The van der Waals surface area contributed by atoms with Gasteiger partial charge in [0.1, 0.15) is 5.52 Å². The summed E-state index contributed by atoms with van der Waals surface area (Å²) in [5.74, 6) is 0.744. The number of carboxylic acid groups (broad SMARTS) is 1. The quantitative estimate of drug-likeness (QED) is 0.763. The van der Waals surface area contributed by atoms with Crippen molar-refractivity contribution in [2.75, 3.05) is 6.54 Å². The smallest absolute Gasteiger partial charge is 0.404 e. The molecule has 0 fully saturated rings. The first-order valence-electron chi connectivity index (χ1n) is 7.75. The molecule has 0 unspecified atom stereocenters. The van der Waals surface area contributed by atoms with E-state index >= 15 is 0 Å². The molecule has 1 amide bonds. The molecule has 2 aromatic rings. The highest BCUT2D eigenvalue weighted by Gasteiger charge is 2.07. The fourth-order valence-electron chi connectivity index (χ4n) is 2.28. The molecule has 1 heterocycles. The molecule has 0 radical (unpaired) electrons. The predicted octanol–water partition coefficient (Wildman–Crippen LogP) is 4.22. The van der Waals surface area contributed by atoms with Crippen LogP contribution in [0.5, 0.6) is 0 Å². The van der Waals surface area contributed by atoms with E-state index in [4.69, 9.17) is 9.52 Å². The van der Waals surface area contributed by atoms with Gasteiger partial charge in [-0.05, 0) is 42.5 Å². The van der Waals surface area contributed by atoms with E-state index in [9.17, 15) is 9.18 Å². The maximum Gasteiger partial charge on any atom is 0.404 e. The molecule has 2 rings (SSSR count). The van der Waals surface area contributed by atoms with E-state index in [-0.39, 0.29) is 6.54 Å². The normalized spacial score (nSPS) is 11.8. The molecule has 0 bridgehead atoms. The van der Waals surface area contributed by atoms with Crippen LogP contribution in [0, 0.1) is 0 Å². The summed E-state index contributed by atoms with van der Waals surface area (Å²) in [4.78, 5) is 14.9. The molecule has 2 N–H and O–H groups in total. The van der Waals surface area contributed by atoms with Gasteiger partial charge < -0.3 is 14.8 Å². The highest BCUT2D eigenvalue weighted by Crippen LogP contribution is 2.20. The van der Waals surface area contributed by atoms with E-state index in [1.165, 1.54) is 0 Å². The number of hydrogen-bond donors (Lipinski definition) is 2. The van der Waals surface area contributed by atoms with Gasteiger partial charge in [0.25, 0.3) is 0 Å². The van der Waals surface area contributed by atoms with Crippen LogP contribution in [0.4, 0.5) is 9.18 Å². The zero-order valence-electron chi connectivity index (χ0n) is 13.1. The average Bonchev–Trinajstić information content (AvgIpc) is 2.94. The first kappa shape index (κ1) is 17.0. The Morgan fingerprint density at radius 2 is 2.26 bits per heavy atom. The maximum atomic E-state index is 12.8. The van der Waals surface area contributed by atoms with Crippen molar-refractivity contribution in [3.63, 3.8) is 0 Å². The summed E-state index contributed by atoms with van der Waals surface area (Å²) in [7, 11) is 0. The fraction of sp³-hybridized carbons (Fsp3) is 0.412. The van der Waals surface area contributed by atoms with Crippen LogP contribution in [0.25, 0.3) is 11.1 Å². The van der Waals surface area contributed by atoms with Gasteiger partial charge in [-0.3, -0.25) is 0 Å². The summed E-state index contributed by atoms with van der Waals surface area (Å²) < 4.78 is 18.5. The third kappa shape index (κ3) is 5.09. The zero-order valence-corrected chi connectivity index (χ0v) is 13.1. The number of amides is 1. The second-order valence-electron chi connectivity index (χ2n) is 5.44. The van der Waals surface area contributed by atoms with Crippen molar-refractivity contribution in [3.05, 3.63) is 41.6 Å². The lowest BCUT2D eigenvalue weighted by molar-refractivity contribution is 0.195. The van der Waals surface area contributed by atoms with E-state index in [0.29, 0.717) is 24.7 Å². The summed E-state index contributed by atoms with van der Waals surface area (Å²) in [6.07, 6.45) is 3.32. The summed E-state index contributed by atoms with van der Waals surface area (Å²) in [5.41, 5.74) is 2.98. The average molecular weight is 320 g/mol. The van der Waals surface area contributed by atoms with E-state index in [1.54, 1.807) is 0 Å². The molecule has 1 aromatic heterocycles. The molecular weight excluding hydrogens is 299 g/mol. The summed E-state index contributed by atoms with van der Waals surface area (Å²) >= 11 is 0. The minimum Gasteiger partial charge on any atom is -0.465 e. The Morgan fingerprint density at radius 1 is 1.43 bits per heavy atom. The number of carbonyl (C=O) groups is 1. The molecule has 5 nitrogen and oxygen atoms in total. The van der Waals surface area contributed by atoms with Crippen LogP contribution in [-0.2, 0) is 12.8 Å². The summed E-state index contributed by atoms with van der Waals surface area (Å²) in [5, 5.41) is 10.7. The van der Waals surface area contributed by atoms with Crippen molar-refractivity contribution in [2.45, 2.75) is 39.0 Å². The molecule has 0 spiro atoms. The molecule has 1 aromatic carbocycles. The Hall–Kier alpha value is -2.37. The summed E-state index contributed by atoms with van der Waals surface area (Å²) in [6, 6.07) is 5.76. The number of benzene rings is 1. The van der Waals surface area contributed by atoms with E-state index in [1.807, 2.05) is 18.2 Å². The minimum atomic E-state index is -1.16. The summed E-state index contributed by atoms with van der Waals surface area (Å²) in [6.45, 7) is 2.12.